The monoisotopic (exact) mass is 412 g/mol. The van der Waals surface area contributed by atoms with Crippen LogP contribution in [0.4, 0.5) is 4.79 Å². The first-order valence-corrected chi connectivity index (χ1v) is 10.5. The molecule has 2 atom stereocenters. The first-order valence-electron chi connectivity index (χ1n) is 10.5. The van der Waals surface area contributed by atoms with Gasteiger partial charge in [-0.15, -0.1) is 0 Å². The Bertz CT molecular complexity index is 889. The summed E-state index contributed by atoms with van der Waals surface area (Å²) in [6.07, 6.45) is 3.94. The summed E-state index contributed by atoms with van der Waals surface area (Å²) < 4.78 is 17.5. The molecule has 0 spiro atoms. The molecule has 1 aliphatic heterocycles. The van der Waals surface area contributed by atoms with Crippen molar-refractivity contribution in [2.45, 2.75) is 65.7 Å². The molecule has 0 fully saturated rings. The van der Waals surface area contributed by atoms with E-state index in [0.29, 0.717) is 18.3 Å². The van der Waals surface area contributed by atoms with Crippen LogP contribution in [0.5, 0.6) is 11.5 Å². The summed E-state index contributed by atoms with van der Waals surface area (Å²) >= 11 is 0. The topological polar surface area (TPSA) is 69.7 Å². The molecule has 0 saturated heterocycles. The van der Waals surface area contributed by atoms with Gasteiger partial charge in [-0.2, -0.15) is 0 Å². The fourth-order valence-corrected chi connectivity index (χ4v) is 3.55. The fourth-order valence-electron chi connectivity index (χ4n) is 3.55. The zero-order valence-corrected chi connectivity index (χ0v) is 18.7. The summed E-state index contributed by atoms with van der Waals surface area (Å²) in [6.45, 7) is 12.1. The van der Waals surface area contributed by atoms with Crippen molar-refractivity contribution >= 4 is 6.09 Å². The number of rotatable bonds is 6. The van der Waals surface area contributed by atoms with Gasteiger partial charge in [0.15, 0.2) is 0 Å². The largest absolute Gasteiger partial charge is 0.491 e. The lowest BCUT2D eigenvalue weighted by Crippen LogP contribution is -2.42. The van der Waals surface area contributed by atoms with Crippen molar-refractivity contribution in [1.29, 1.82) is 0 Å². The van der Waals surface area contributed by atoms with Gasteiger partial charge in [-0.05, 0) is 63.8 Å². The van der Waals surface area contributed by atoms with Crippen molar-refractivity contribution < 1.29 is 19.0 Å². The predicted molar refractivity (Wildman–Crippen MR) is 117 cm³/mol. The highest BCUT2D eigenvalue weighted by Crippen LogP contribution is 2.43. The Balaban J connectivity index is 1.69. The standard InChI is InChI=1S/C24H32N2O4/c1-15(2)11-17(26-23(27)30-24(4,5)6)14-28-18-7-8-20-19-9-10-25-13-21(19)16(3)29-22(20)12-18/h7-10,12-13,15-17H,11,14H2,1-6H3,(H,26,27)/t16?,17-/m0/s1. The maximum absolute atomic E-state index is 12.2. The molecule has 1 aromatic carbocycles. The number of fused-ring (bicyclic) bond motifs is 3. The molecule has 1 N–H and O–H groups in total. The summed E-state index contributed by atoms with van der Waals surface area (Å²) in [5.41, 5.74) is 2.71. The lowest BCUT2D eigenvalue weighted by atomic mass is 9.95. The third-order valence-corrected chi connectivity index (χ3v) is 4.76. The second-order valence-electron chi connectivity index (χ2n) is 9.16. The Kier molecular flexibility index (Phi) is 6.54. The van der Waals surface area contributed by atoms with E-state index in [9.17, 15) is 4.79 Å². The summed E-state index contributed by atoms with van der Waals surface area (Å²) in [5.74, 6) is 1.91. The number of nitrogens with zero attached hydrogens (tertiary/aromatic N) is 1. The number of hydrogen-bond donors (Lipinski definition) is 1. The molecule has 1 unspecified atom stereocenters. The van der Waals surface area contributed by atoms with E-state index in [2.05, 4.69) is 24.1 Å². The van der Waals surface area contributed by atoms with Crippen LogP contribution in [0.2, 0.25) is 0 Å². The summed E-state index contributed by atoms with van der Waals surface area (Å²) in [5, 5.41) is 2.93. The molecular formula is C24H32N2O4. The number of amides is 1. The second kappa shape index (κ2) is 8.94. The normalized spacial score (nSPS) is 16.2. The van der Waals surface area contributed by atoms with Gasteiger partial charge >= 0.3 is 6.09 Å². The van der Waals surface area contributed by atoms with Crippen molar-refractivity contribution in [2.24, 2.45) is 5.92 Å². The van der Waals surface area contributed by atoms with Crippen molar-refractivity contribution in [2.75, 3.05) is 6.61 Å². The number of alkyl carbamates (subject to hydrolysis) is 1. The first-order chi connectivity index (χ1) is 14.1. The third-order valence-electron chi connectivity index (χ3n) is 4.76. The van der Waals surface area contributed by atoms with Crippen LogP contribution in [0.25, 0.3) is 11.1 Å². The third kappa shape index (κ3) is 5.65. The van der Waals surface area contributed by atoms with Gasteiger partial charge in [0.1, 0.15) is 29.8 Å². The number of ether oxygens (including phenoxy) is 3. The zero-order chi connectivity index (χ0) is 21.9. The van der Waals surface area contributed by atoms with Crippen molar-refractivity contribution in [3.63, 3.8) is 0 Å². The predicted octanol–water partition coefficient (Wildman–Crippen LogP) is 5.52. The molecule has 0 aliphatic carbocycles. The van der Waals surface area contributed by atoms with Crippen LogP contribution in [0.1, 0.15) is 59.6 Å². The smallest absolute Gasteiger partial charge is 0.407 e. The maximum atomic E-state index is 12.2. The van der Waals surface area contributed by atoms with Crippen LogP contribution in [-0.4, -0.2) is 29.3 Å². The molecule has 0 radical (unpaired) electrons. The molecular weight excluding hydrogens is 380 g/mol. The molecule has 1 aromatic heterocycles. The molecule has 30 heavy (non-hydrogen) atoms. The number of aromatic nitrogens is 1. The van der Waals surface area contributed by atoms with Gasteiger partial charge in [-0.25, -0.2) is 4.79 Å². The number of hydrogen-bond acceptors (Lipinski definition) is 5. The van der Waals surface area contributed by atoms with Gasteiger partial charge in [-0.1, -0.05) is 13.8 Å². The first kappa shape index (κ1) is 21.9. The highest BCUT2D eigenvalue weighted by molar-refractivity contribution is 5.76. The van der Waals surface area contributed by atoms with E-state index < -0.39 is 11.7 Å². The van der Waals surface area contributed by atoms with Crippen molar-refractivity contribution in [3.8, 4) is 22.6 Å². The van der Waals surface area contributed by atoms with Crippen LogP contribution in [0.15, 0.2) is 36.7 Å². The average molecular weight is 413 g/mol. The summed E-state index contributed by atoms with van der Waals surface area (Å²) in [4.78, 5) is 16.4. The van der Waals surface area contributed by atoms with E-state index in [-0.39, 0.29) is 12.1 Å². The number of carbonyl (C=O) groups excluding carboxylic acids is 1. The molecule has 3 rings (SSSR count). The van der Waals surface area contributed by atoms with Gasteiger partial charge in [-0.3, -0.25) is 4.98 Å². The maximum Gasteiger partial charge on any atom is 0.407 e. The van der Waals surface area contributed by atoms with Crippen molar-refractivity contribution in [3.05, 3.63) is 42.2 Å². The van der Waals surface area contributed by atoms with Gasteiger partial charge in [0.05, 0.1) is 6.04 Å². The van der Waals surface area contributed by atoms with E-state index >= 15 is 0 Å². The Morgan fingerprint density at radius 2 is 2.00 bits per heavy atom. The van der Waals surface area contributed by atoms with Crippen LogP contribution in [0.3, 0.4) is 0 Å². The minimum absolute atomic E-state index is 0.0704. The molecule has 162 valence electrons. The molecule has 0 bridgehead atoms. The molecule has 0 saturated carbocycles. The number of carbonyl (C=O) groups is 1. The van der Waals surface area contributed by atoms with E-state index in [1.54, 1.807) is 6.20 Å². The van der Waals surface area contributed by atoms with Gasteiger partial charge in [0.25, 0.3) is 0 Å². The highest BCUT2D eigenvalue weighted by atomic mass is 16.6. The second-order valence-corrected chi connectivity index (χ2v) is 9.16. The average Bonchev–Trinajstić information content (AvgIpc) is 2.64. The molecule has 1 aliphatic rings. The Morgan fingerprint density at radius 3 is 2.70 bits per heavy atom. The highest BCUT2D eigenvalue weighted by Gasteiger charge is 2.24. The van der Waals surface area contributed by atoms with E-state index in [0.717, 1.165) is 28.9 Å². The molecule has 2 heterocycles. The minimum atomic E-state index is -0.536. The number of pyridine rings is 1. The fraction of sp³-hybridized carbons (Fsp3) is 0.500. The summed E-state index contributed by atoms with van der Waals surface area (Å²) in [7, 11) is 0. The number of nitrogens with one attached hydrogen (secondary N) is 1. The Labute approximate surface area is 178 Å². The Hall–Kier alpha value is -2.76. The SMILES string of the molecule is CC(C)C[C@@H](COc1ccc2c(c1)OC(C)c1cnccc1-2)NC(=O)OC(C)(C)C. The number of benzene rings is 1. The molecule has 1 amide bonds. The lowest BCUT2D eigenvalue weighted by Gasteiger charge is -2.27. The zero-order valence-electron chi connectivity index (χ0n) is 18.7. The van der Waals surface area contributed by atoms with Crippen LogP contribution >= 0.6 is 0 Å². The lowest BCUT2D eigenvalue weighted by molar-refractivity contribution is 0.0480. The van der Waals surface area contributed by atoms with Crippen LogP contribution in [-0.2, 0) is 4.74 Å². The van der Waals surface area contributed by atoms with Crippen LogP contribution < -0.4 is 14.8 Å². The van der Waals surface area contributed by atoms with Crippen molar-refractivity contribution in [1.82, 2.24) is 10.3 Å². The Morgan fingerprint density at radius 1 is 1.23 bits per heavy atom. The van der Waals surface area contributed by atoms with Gasteiger partial charge < -0.3 is 19.5 Å². The van der Waals surface area contributed by atoms with E-state index in [1.807, 2.05) is 58.2 Å². The minimum Gasteiger partial charge on any atom is -0.491 e. The molecule has 6 heteroatoms. The molecule has 6 nitrogen and oxygen atoms in total. The summed E-state index contributed by atoms with van der Waals surface area (Å²) in [6, 6.07) is 7.71. The van der Waals surface area contributed by atoms with Gasteiger partial charge in [0, 0.05) is 29.6 Å². The van der Waals surface area contributed by atoms with E-state index in [4.69, 9.17) is 14.2 Å². The van der Waals surface area contributed by atoms with E-state index in [1.165, 1.54) is 0 Å². The van der Waals surface area contributed by atoms with Crippen LogP contribution in [0, 0.1) is 5.92 Å². The van der Waals surface area contributed by atoms with Gasteiger partial charge in [0.2, 0.25) is 0 Å². The quantitative estimate of drug-likeness (QED) is 0.676. The molecule has 2 aromatic rings.